The SMILES string of the molecule is OC[C@H]1OC(n2cnc3c(NCCc4cccc(O)c4)ncnc32)[C@H](O)[C@@H]1O. The number of rotatable bonds is 6. The predicted octanol–water partition coefficient (Wildman–Crippen LogP) is -0.202. The molecule has 4 atom stereocenters. The Morgan fingerprint density at radius 2 is 2.00 bits per heavy atom. The molecule has 1 aliphatic heterocycles. The fourth-order valence-corrected chi connectivity index (χ4v) is 3.31. The Balaban J connectivity index is 1.52. The van der Waals surface area contributed by atoms with Gasteiger partial charge in [0.05, 0.1) is 12.9 Å². The molecule has 0 aliphatic carbocycles. The Hall–Kier alpha value is -2.79. The van der Waals surface area contributed by atoms with Crippen molar-refractivity contribution >= 4 is 17.0 Å². The average molecular weight is 387 g/mol. The Kier molecular flexibility index (Phi) is 5.09. The molecule has 1 saturated heterocycles. The average Bonchev–Trinajstić information content (AvgIpc) is 3.24. The summed E-state index contributed by atoms with van der Waals surface area (Å²) in [5.74, 6) is 0.745. The van der Waals surface area contributed by atoms with Crippen molar-refractivity contribution in [2.24, 2.45) is 0 Å². The van der Waals surface area contributed by atoms with E-state index >= 15 is 0 Å². The van der Waals surface area contributed by atoms with Gasteiger partial charge in [0.15, 0.2) is 23.2 Å². The van der Waals surface area contributed by atoms with E-state index < -0.39 is 31.1 Å². The molecular formula is C18H21N5O5. The van der Waals surface area contributed by atoms with Crippen LogP contribution >= 0.6 is 0 Å². The second kappa shape index (κ2) is 7.68. The number of aliphatic hydroxyl groups excluding tert-OH is 3. The van der Waals surface area contributed by atoms with Crippen molar-refractivity contribution in [1.29, 1.82) is 0 Å². The lowest BCUT2D eigenvalue weighted by Gasteiger charge is -2.16. The standard InChI is InChI=1S/C18H21N5O5/c24-7-12-14(26)15(27)18(28-12)23-9-22-13-16(20-8-21-17(13)23)19-5-4-10-2-1-3-11(25)6-10/h1-3,6,8-9,12,14-15,18,24-27H,4-5,7H2,(H,19,20,21)/t12-,14-,15-,18?/m1/s1. The van der Waals surface area contributed by atoms with Crippen LogP contribution in [0.2, 0.25) is 0 Å². The fraction of sp³-hybridized carbons (Fsp3) is 0.389. The van der Waals surface area contributed by atoms with Gasteiger partial charge in [-0.2, -0.15) is 0 Å². The minimum Gasteiger partial charge on any atom is -0.508 e. The maximum absolute atomic E-state index is 10.2. The lowest BCUT2D eigenvalue weighted by Crippen LogP contribution is -2.33. The van der Waals surface area contributed by atoms with Crippen LogP contribution in [0.15, 0.2) is 36.9 Å². The monoisotopic (exact) mass is 387 g/mol. The van der Waals surface area contributed by atoms with Gasteiger partial charge in [-0.3, -0.25) is 4.57 Å². The fourth-order valence-electron chi connectivity index (χ4n) is 3.31. The lowest BCUT2D eigenvalue weighted by atomic mass is 10.1. The molecule has 0 bridgehead atoms. The molecule has 3 aromatic rings. The van der Waals surface area contributed by atoms with Gasteiger partial charge in [0.1, 0.15) is 30.4 Å². The number of fused-ring (bicyclic) bond motifs is 1. The van der Waals surface area contributed by atoms with E-state index in [4.69, 9.17) is 4.74 Å². The Morgan fingerprint density at radius 3 is 2.75 bits per heavy atom. The van der Waals surface area contributed by atoms with Crippen LogP contribution in [0.25, 0.3) is 11.2 Å². The van der Waals surface area contributed by atoms with Crippen molar-refractivity contribution in [3.05, 3.63) is 42.5 Å². The van der Waals surface area contributed by atoms with Gasteiger partial charge in [0.2, 0.25) is 0 Å². The molecule has 10 nitrogen and oxygen atoms in total. The summed E-state index contributed by atoms with van der Waals surface area (Å²) in [7, 11) is 0. The third-order valence-corrected chi connectivity index (χ3v) is 4.77. The van der Waals surface area contributed by atoms with E-state index in [1.54, 1.807) is 18.2 Å². The van der Waals surface area contributed by atoms with E-state index in [1.165, 1.54) is 17.2 Å². The number of phenolic OH excluding ortho intramolecular Hbond substituents is 1. The molecule has 0 spiro atoms. The highest BCUT2D eigenvalue weighted by molar-refractivity contribution is 5.82. The molecule has 4 rings (SSSR count). The van der Waals surface area contributed by atoms with Crippen LogP contribution in [0.3, 0.4) is 0 Å². The summed E-state index contributed by atoms with van der Waals surface area (Å²) < 4.78 is 7.06. The number of aromatic hydroxyl groups is 1. The number of imidazole rings is 1. The topological polar surface area (TPSA) is 146 Å². The number of nitrogens with one attached hydrogen (secondary N) is 1. The molecule has 10 heteroatoms. The maximum atomic E-state index is 10.2. The zero-order valence-corrected chi connectivity index (χ0v) is 14.9. The number of hydrogen-bond donors (Lipinski definition) is 5. The van der Waals surface area contributed by atoms with Gasteiger partial charge < -0.3 is 30.5 Å². The summed E-state index contributed by atoms with van der Waals surface area (Å²) in [5, 5.41) is 42.2. The first-order valence-corrected chi connectivity index (χ1v) is 8.90. The smallest absolute Gasteiger partial charge is 0.167 e. The van der Waals surface area contributed by atoms with Crippen molar-refractivity contribution in [1.82, 2.24) is 19.5 Å². The molecule has 0 amide bonds. The van der Waals surface area contributed by atoms with Gasteiger partial charge in [0, 0.05) is 6.54 Å². The molecule has 3 heterocycles. The van der Waals surface area contributed by atoms with Crippen LogP contribution in [0.5, 0.6) is 5.75 Å². The third kappa shape index (κ3) is 3.38. The maximum Gasteiger partial charge on any atom is 0.167 e. The minimum absolute atomic E-state index is 0.221. The molecule has 28 heavy (non-hydrogen) atoms. The number of hydrogen-bond acceptors (Lipinski definition) is 9. The summed E-state index contributed by atoms with van der Waals surface area (Å²) >= 11 is 0. The van der Waals surface area contributed by atoms with Crippen LogP contribution in [0, 0.1) is 0 Å². The molecule has 0 saturated carbocycles. The number of ether oxygens (including phenoxy) is 1. The highest BCUT2D eigenvalue weighted by Crippen LogP contribution is 2.32. The zero-order valence-electron chi connectivity index (χ0n) is 14.9. The minimum atomic E-state index is -1.22. The highest BCUT2D eigenvalue weighted by Gasteiger charge is 2.44. The molecule has 148 valence electrons. The third-order valence-electron chi connectivity index (χ3n) is 4.77. The number of benzene rings is 1. The Labute approximate surface area is 160 Å². The number of nitrogens with zero attached hydrogens (tertiary/aromatic N) is 4. The van der Waals surface area contributed by atoms with E-state index in [-0.39, 0.29) is 5.75 Å². The first-order chi connectivity index (χ1) is 13.6. The molecule has 1 aliphatic rings. The lowest BCUT2D eigenvalue weighted by molar-refractivity contribution is -0.0511. The molecule has 1 unspecified atom stereocenters. The molecule has 1 fully saturated rings. The summed E-state index contributed by atoms with van der Waals surface area (Å²) in [5.41, 5.74) is 1.91. The van der Waals surface area contributed by atoms with Crippen molar-refractivity contribution < 1.29 is 25.2 Å². The van der Waals surface area contributed by atoms with Crippen molar-refractivity contribution in [2.75, 3.05) is 18.5 Å². The summed E-state index contributed by atoms with van der Waals surface area (Å²) in [6, 6.07) is 7.03. The highest BCUT2D eigenvalue weighted by atomic mass is 16.6. The summed E-state index contributed by atoms with van der Waals surface area (Å²) in [6.45, 7) is 0.161. The van der Waals surface area contributed by atoms with Crippen molar-refractivity contribution in [2.45, 2.75) is 31.0 Å². The van der Waals surface area contributed by atoms with Crippen LogP contribution in [0.4, 0.5) is 5.82 Å². The second-order valence-electron chi connectivity index (χ2n) is 6.62. The number of phenols is 1. The van der Waals surface area contributed by atoms with Gasteiger partial charge >= 0.3 is 0 Å². The normalized spacial score (nSPS) is 24.7. The van der Waals surface area contributed by atoms with Crippen molar-refractivity contribution in [3.63, 3.8) is 0 Å². The van der Waals surface area contributed by atoms with E-state index in [9.17, 15) is 20.4 Å². The van der Waals surface area contributed by atoms with Gasteiger partial charge in [0.25, 0.3) is 0 Å². The summed E-state index contributed by atoms with van der Waals surface area (Å²) in [4.78, 5) is 12.7. The van der Waals surface area contributed by atoms with Gasteiger partial charge in [-0.05, 0) is 24.1 Å². The van der Waals surface area contributed by atoms with Gasteiger partial charge in [-0.25, -0.2) is 15.0 Å². The first-order valence-electron chi connectivity index (χ1n) is 8.90. The predicted molar refractivity (Wildman–Crippen MR) is 98.6 cm³/mol. The Morgan fingerprint density at radius 1 is 1.14 bits per heavy atom. The van der Waals surface area contributed by atoms with Crippen LogP contribution in [0.1, 0.15) is 11.8 Å². The first kappa shape index (κ1) is 18.6. The van der Waals surface area contributed by atoms with Crippen LogP contribution < -0.4 is 5.32 Å². The molecule has 2 aromatic heterocycles. The van der Waals surface area contributed by atoms with Crippen molar-refractivity contribution in [3.8, 4) is 5.75 Å². The molecule has 0 radical (unpaired) electrons. The van der Waals surface area contributed by atoms with E-state index in [1.807, 2.05) is 6.07 Å². The van der Waals surface area contributed by atoms with E-state index in [0.29, 0.717) is 29.9 Å². The Bertz CT molecular complexity index is 964. The quantitative estimate of drug-likeness (QED) is 0.388. The van der Waals surface area contributed by atoms with E-state index in [2.05, 4.69) is 20.3 Å². The second-order valence-corrected chi connectivity index (χ2v) is 6.62. The molecular weight excluding hydrogens is 366 g/mol. The van der Waals surface area contributed by atoms with Gasteiger partial charge in [-0.15, -0.1) is 0 Å². The van der Waals surface area contributed by atoms with Gasteiger partial charge in [-0.1, -0.05) is 12.1 Å². The largest absolute Gasteiger partial charge is 0.508 e. The number of anilines is 1. The number of aromatic nitrogens is 4. The van der Waals surface area contributed by atoms with Crippen LogP contribution in [-0.4, -0.2) is 71.4 Å². The van der Waals surface area contributed by atoms with Crippen LogP contribution in [-0.2, 0) is 11.2 Å². The zero-order chi connectivity index (χ0) is 19.7. The summed E-state index contributed by atoms with van der Waals surface area (Å²) in [6.07, 6.45) is -0.694. The molecule has 5 N–H and O–H groups in total. The number of aliphatic hydroxyl groups is 3. The molecule has 1 aromatic carbocycles. The van der Waals surface area contributed by atoms with E-state index in [0.717, 1.165) is 5.56 Å².